The summed E-state index contributed by atoms with van der Waals surface area (Å²) in [6.45, 7) is 10.6. The number of alkyl halides is 3. The summed E-state index contributed by atoms with van der Waals surface area (Å²) in [6.07, 6.45) is 0.0415. The molecule has 0 saturated carbocycles. The van der Waals surface area contributed by atoms with E-state index in [-0.39, 0.29) is 47.5 Å². The molecule has 2 aliphatic rings. The van der Waals surface area contributed by atoms with Gasteiger partial charge in [-0.15, -0.1) is 10.2 Å². The van der Waals surface area contributed by atoms with Crippen molar-refractivity contribution in [2.75, 3.05) is 64.3 Å². The summed E-state index contributed by atoms with van der Waals surface area (Å²) in [5, 5.41) is 7.06. The molecule has 0 aromatic carbocycles. The smallest absolute Gasteiger partial charge is 0.291 e. The van der Waals surface area contributed by atoms with Gasteiger partial charge in [-0.3, -0.25) is 9.20 Å². The number of piperazine rings is 1. The number of carbonyl (C=O) groups is 1. The average Bonchev–Trinajstić information content (AvgIpc) is 3.64. The first kappa shape index (κ1) is 34.7. The fourth-order valence-corrected chi connectivity index (χ4v) is 8.37. The zero-order chi connectivity index (χ0) is 33.4. The van der Waals surface area contributed by atoms with E-state index in [2.05, 4.69) is 34.8 Å². The number of nitrogens with zero attached hydrogens (tertiary/aromatic N) is 7. The molecule has 2 fully saturated rings. The molecule has 18 heteroatoms. The number of pyridine rings is 1. The van der Waals surface area contributed by atoms with E-state index in [1.54, 1.807) is 4.90 Å². The van der Waals surface area contributed by atoms with Crippen LogP contribution in [0.25, 0.3) is 16.3 Å². The Kier molecular flexibility index (Phi) is 10.2. The van der Waals surface area contributed by atoms with Crippen molar-refractivity contribution >= 4 is 46.5 Å². The lowest BCUT2D eigenvalue weighted by Crippen LogP contribution is -2.65. The van der Waals surface area contributed by atoms with E-state index in [0.29, 0.717) is 55.3 Å². The first-order valence-corrected chi connectivity index (χ1v) is 21.0. The van der Waals surface area contributed by atoms with Crippen molar-refractivity contribution in [2.24, 2.45) is 5.92 Å². The molecular formula is C28H40F3N7O5S2Si. The van der Waals surface area contributed by atoms with Crippen LogP contribution < -0.4 is 4.90 Å². The maximum absolute atomic E-state index is 14.6. The van der Waals surface area contributed by atoms with Crippen LogP contribution >= 0.6 is 11.3 Å². The monoisotopic (exact) mass is 703 g/mol. The molecule has 3 aromatic rings. The highest BCUT2D eigenvalue weighted by Gasteiger charge is 2.51. The average molecular weight is 704 g/mol. The second-order valence-corrected chi connectivity index (χ2v) is 21.7. The minimum absolute atomic E-state index is 0.0304. The summed E-state index contributed by atoms with van der Waals surface area (Å²) in [6, 6.07) is 2.31. The molecule has 0 bridgehead atoms. The van der Waals surface area contributed by atoms with Gasteiger partial charge in [-0.1, -0.05) is 44.8 Å². The third kappa shape index (κ3) is 6.96. The molecule has 0 unspecified atom stereocenters. The summed E-state index contributed by atoms with van der Waals surface area (Å²) >= 11 is 0.661. The van der Waals surface area contributed by atoms with E-state index in [9.17, 15) is 26.4 Å². The highest BCUT2D eigenvalue weighted by molar-refractivity contribution is 7.89. The molecule has 5 rings (SSSR count). The number of amides is 1. The summed E-state index contributed by atoms with van der Waals surface area (Å²) in [5.74, 6) is 0.00530. The molecule has 0 aliphatic carbocycles. The van der Waals surface area contributed by atoms with Crippen molar-refractivity contribution in [3.8, 4) is 10.8 Å². The first-order chi connectivity index (χ1) is 21.7. The molecular weight excluding hydrogens is 664 g/mol. The number of anilines is 1. The number of fused-ring (bicyclic) bond motifs is 1. The Morgan fingerprint density at radius 2 is 1.87 bits per heavy atom. The molecule has 3 aromatic heterocycles. The molecule has 0 N–H and O–H groups in total. The molecule has 12 nitrogen and oxygen atoms in total. The van der Waals surface area contributed by atoms with E-state index in [1.165, 1.54) is 22.9 Å². The van der Waals surface area contributed by atoms with Gasteiger partial charge in [-0.25, -0.2) is 26.6 Å². The van der Waals surface area contributed by atoms with Crippen molar-refractivity contribution in [1.29, 1.82) is 0 Å². The lowest BCUT2D eigenvalue weighted by atomic mass is 10.0. The third-order valence-electron chi connectivity index (χ3n) is 8.15. The molecule has 46 heavy (non-hydrogen) atoms. The van der Waals surface area contributed by atoms with Gasteiger partial charge in [0, 0.05) is 53.0 Å². The Balaban J connectivity index is 1.58. The van der Waals surface area contributed by atoms with E-state index < -0.39 is 41.7 Å². The fourth-order valence-electron chi connectivity index (χ4n) is 5.29. The molecule has 0 radical (unpaired) electrons. The Bertz CT molecular complexity index is 1650. The van der Waals surface area contributed by atoms with Crippen LogP contribution in [-0.2, 0) is 24.3 Å². The molecule has 254 valence electrons. The van der Waals surface area contributed by atoms with Crippen LogP contribution in [0.5, 0.6) is 0 Å². The second kappa shape index (κ2) is 13.5. The van der Waals surface area contributed by atoms with Gasteiger partial charge < -0.3 is 19.3 Å². The van der Waals surface area contributed by atoms with Crippen molar-refractivity contribution in [3.05, 3.63) is 23.5 Å². The number of aromatic nitrogens is 4. The van der Waals surface area contributed by atoms with Crippen LogP contribution in [0.3, 0.4) is 0 Å². The maximum Gasteiger partial charge on any atom is 0.291 e. The number of imidazole rings is 1. The minimum atomic E-state index is -4.41. The van der Waals surface area contributed by atoms with Crippen molar-refractivity contribution < 1.29 is 35.9 Å². The Labute approximate surface area is 271 Å². The number of halogens is 3. The predicted octanol–water partition coefficient (Wildman–Crippen LogP) is 4.14. The van der Waals surface area contributed by atoms with Gasteiger partial charge in [-0.2, -0.15) is 4.31 Å². The Morgan fingerprint density at radius 1 is 1.17 bits per heavy atom. The van der Waals surface area contributed by atoms with Crippen molar-refractivity contribution in [2.45, 2.75) is 56.4 Å². The summed E-state index contributed by atoms with van der Waals surface area (Å²) < 4.78 is 84.0. The SMILES string of the molecule is CC(C)C(=O)N1CCN(c2cc(S(=O)(=O)N(COCC[Si](C)(C)C)C3(CF)COC3)cn3c(-c4nnc(C(F)F)s4)ncc23)CC1. The highest BCUT2D eigenvalue weighted by atomic mass is 32.2. The first-order valence-electron chi connectivity index (χ1n) is 15.1. The Morgan fingerprint density at radius 3 is 2.41 bits per heavy atom. The lowest BCUT2D eigenvalue weighted by molar-refractivity contribution is -0.141. The van der Waals surface area contributed by atoms with E-state index in [0.717, 1.165) is 10.3 Å². The van der Waals surface area contributed by atoms with Crippen LogP contribution in [0, 0.1) is 5.92 Å². The van der Waals surface area contributed by atoms with Gasteiger partial charge in [0.15, 0.2) is 15.8 Å². The second-order valence-electron chi connectivity index (χ2n) is 13.2. The molecule has 1 amide bonds. The van der Waals surface area contributed by atoms with Crippen LogP contribution in [-0.4, -0.2) is 116 Å². The fraction of sp³-hybridized carbons (Fsp3) is 0.643. The summed E-state index contributed by atoms with van der Waals surface area (Å²) in [7, 11) is -5.90. The maximum atomic E-state index is 14.6. The minimum Gasteiger partial charge on any atom is -0.377 e. The number of rotatable bonds is 13. The topological polar surface area (TPSA) is 122 Å². The molecule has 0 spiro atoms. The predicted molar refractivity (Wildman–Crippen MR) is 170 cm³/mol. The largest absolute Gasteiger partial charge is 0.377 e. The number of hydrogen-bond acceptors (Lipinski definition) is 10. The zero-order valence-electron chi connectivity index (χ0n) is 26.6. The number of ether oxygens (including phenoxy) is 2. The van der Waals surface area contributed by atoms with E-state index in [1.807, 2.05) is 18.7 Å². The molecule has 5 heterocycles. The van der Waals surface area contributed by atoms with E-state index >= 15 is 0 Å². The number of carbonyl (C=O) groups excluding carboxylic acids is 1. The number of hydrogen-bond donors (Lipinski definition) is 0. The van der Waals surface area contributed by atoms with Gasteiger partial charge >= 0.3 is 0 Å². The van der Waals surface area contributed by atoms with E-state index in [4.69, 9.17) is 9.47 Å². The Hall–Kier alpha value is -2.64. The van der Waals surface area contributed by atoms with Gasteiger partial charge in [0.05, 0.1) is 30.6 Å². The van der Waals surface area contributed by atoms with Gasteiger partial charge in [0.1, 0.15) is 23.8 Å². The van der Waals surface area contributed by atoms with Crippen LogP contribution in [0.2, 0.25) is 25.7 Å². The van der Waals surface area contributed by atoms with Crippen LogP contribution in [0.1, 0.15) is 25.3 Å². The summed E-state index contributed by atoms with van der Waals surface area (Å²) in [5.41, 5.74) is -0.413. The van der Waals surface area contributed by atoms with Gasteiger partial charge in [0.25, 0.3) is 6.43 Å². The zero-order valence-corrected chi connectivity index (χ0v) is 29.2. The molecule has 2 saturated heterocycles. The van der Waals surface area contributed by atoms with Gasteiger partial charge in [-0.05, 0) is 12.1 Å². The molecule has 2 aliphatic heterocycles. The van der Waals surface area contributed by atoms with Crippen molar-refractivity contribution in [1.82, 2.24) is 28.8 Å². The number of sulfonamides is 1. The normalized spacial score (nSPS) is 17.5. The van der Waals surface area contributed by atoms with Crippen LogP contribution in [0.15, 0.2) is 23.4 Å². The highest BCUT2D eigenvalue weighted by Crippen LogP contribution is 2.37. The van der Waals surface area contributed by atoms with Crippen molar-refractivity contribution in [3.63, 3.8) is 0 Å². The standard InChI is InChI=1S/C28H40F3N7O5S2Si/c1-19(2)27(39)36-8-6-35(7-9-36)21-12-20(14-37-22(21)13-32-24(37)26-34-33-25(44-26)23(30)31)45(40,41)38(28(15-29)16-43-17-28)18-42-10-11-46(3,4)5/h12-14,19,23H,6-11,15-18H2,1-5H3. The quantitative estimate of drug-likeness (QED) is 0.147. The summed E-state index contributed by atoms with van der Waals surface area (Å²) in [4.78, 5) is 20.6. The molecule has 0 atom stereocenters. The lowest BCUT2D eigenvalue weighted by Gasteiger charge is -2.46. The third-order valence-corrected chi connectivity index (χ3v) is 12.7. The van der Waals surface area contributed by atoms with Crippen LogP contribution in [0.4, 0.5) is 18.9 Å². The van der Waals surface area contributed by atoms with Gasteiger partial charge in [0.2, 0.25) is 15.9 Å².